The number of benzene rings is 1. The van der Waals surface area contributed by atoms with E-state index in [2.05, 4.69) is 64.6 Å². The molecule has 1 atom stereocenters. The molecule has 0 aliphatic carbocycles. The fourth-order valence-electron chi connectivity index (χ4n) is 2.92. The Morgan fingerprint density at radius 1 is 1.19 bits per heavy atom. The Balaban J connectivity index is 1.57. The van der Waals surface area contributed by atoms with E-state index < -0.39 is 0 Å². The van der Waals surface area contributed by atoms with Crippen molar-refractivity contribution in [2.45, 2.75) is 32.4 Å². The molecule has 1 aromatic heterocycles. The molecule has 1 aliphatic heterocycles. The number of nitrogens with zero attached hydrogens (tertiary/aromatic N) is 2. The number of likely N-dealkylation sites (tertiary alicyclic amines) is 1. The number of pyridine rings is 1. The van der Waals surface area contributed by atoms with Gasteiger partial charge < -0.3 is 5.32 Å². The van der Waals surface area contributed by atoms with Crippen molar-refractivity contribution in [1.29, 1.82) is 0 Å². The standard InChI is InChI=1S/C18H23N3/c1-15-9-10-18(19-12-15)20-17-8-5-11-21(14-17)13-16-6-3-2-4-7-16/h2-4,6-7,9-10,12,17H,5,8,11,13-14H2,1H3,(H,19,20). The third-order valence-corrected chi connectivity index (χ3v) is 4.02. The zero-order chi connectivity index (χ0) is 14.5. The number of hydrogen-bond acceptors (Lipinski definition) is 3. The molecule has 1 N–H and O–H groups in total. The molecule has 0 radical (unpaired) electrons. The van der Waals surface area contributed by atoms with E-state index in [-0.39, 0.29) is 0 Å². The summed E-state index contributed by atoms with van der Waals surface area (Å²) in [6.45, 7) is 5.39. The van der Waals surface area contributed by atoms with Gasteiger partial charge in [-0.2, -0.15) is 0 Å². The summed E-state index contributed by atoms with van der Waals surface area (Å²) >= 11 is 0. The molecule has 2 aromatic rings. The van der Waals surface area contributed by atoms with E-state index in [1.807, 2.05) is 6.20 Å². The zero-order valence-electron chi connectivity index (χ0n) is 12.6. The lowest BCUT2D eigenvalue weighted by Crippen LogP contribution is -2.41. The van der Waals surface area contributed by atoms with Crippen LogP contribution in [0.4, 0.5) is 5.82 Å². The van der Waals surface area contributed by atoms with E-state index in [1.165, 1.54) is 30.5 Å². The lowest BCUT2D eigenvalue weighted by molar-refractivity contribution is 0.208. The minimum Gasteiger partial charge on any atom is -0.366 e. The van der Waals surface area contributed by atoms with Crippen LogP contribution in [0, 0.1) is 6.92 Å². The number of rotatable bonds is 4. The fraction of sp³-hybridized carbons (Fsp3) is 0.389. The molecule has 3 nitrogen and oxygen atoms in total. The molecule has 1 unspecified atom stereocenters. The average molecular weight is 281 g/mol. The molecule has 110 valence electrons. The molecule has 1 fully saturated rings. The van der Waals surface area contributed by atoms with Crippen molar-refractivity contribution in [3.05, 3.63) is 59.8 Å². The summed E-state index contributed by atoms with van der Waals surface area (Å²) in [7, 11) is 0. The molecule has 0 saturated carbocycles. The van der Waals surface area contributed by atoms with Crippen LogP contribution in [0.1, 0.15) is 24.0 Å². The van der Waals surface area contributed by atoms with Crippen LogP contribution in [0.25, 0.3) is 0 Å². The highest BCUT2D eigenvalue weighted by molar-refractivity contribution is 5.36. The van der Waals surface area contributed by atoms with Gasteiger partial charge in [0.25, 0.3) is 0 Å². The van der Waals surface area contributed by atoms with Crippen molar-refractivity contribution in [1.82, 2.24) is 9.88 Å². The van der Waals surface area contributed by atoms with E-state index >= 15 is 0 Å². The number of anilines is 1. The summed E-state index contributed by atoms with van der Waals surface area (Å²) in [5.41, 5.74) is 2.60. The van der Waals surface area contributed by atoms with Gasteiger partial charge in [0.2, 0.25) is 0 Å². The van der Waals surface area contributed by atoms with Crippen LogP contribution in [0.2, 0.25) is 0 Å². The van der Waals surface area contributed by atoms with Crippen molar-refractivity contribution in [3.63, 3.8) is 0 Å². The molecule has 3 rings (SSSR count). The Labute approximate surface area is 127 Å². The van der Waals surface area contributed by atoms with Crippen LogP contribution in [0.15, 0.2) is 48.7 Å². The maximum Gasteiger partial charge on any atom is 0.126 e. The number of nitrogens with one attached hydrogen (secondary N) is 1. The Morgan fingerprint density at radius 3 is 2.81 bits per heavy atom. The van der Waals surface area contributed by atoms with E-state index in [4.69, 9.17) is 0 Å². The van der Waals surface area contributed by atoms with Crippen molar-refractivity contribution in [3.8, 4) is 0 Å². The first-order chi connectivity index (χ1) is 10.3. The summed E-state index contributed by atoms with van der Waals surface area (Å²) in [6, 6.07) is 15.4. The average Bonchev–Trinajstić information content (AvgIpc) is 2.51. The molecule has 1 saturated heterocycles. The van der Waals surface area contributed by atoms with Crippen molar-refractivity contribution >= 4 is 5.82 Å². The van der Waals surface area contributed by atoms with Gasteiger partial charge >= 0.3 is 0 Å². The van der Waals surface area contributed by atoms with Gasteiger partial charge in [0, 0.05) is 25.3 Å². The second-order valence-electron chi connectivity index (χ2n) is 5.92. The monoisotopic (exact) mass is 281 g/mol. The molecule has 1 aliphatic rings. The second kappa shape index (κ2) is 6.72. The first-order valence-corrected chi connectivity index (χ1v) is 7.75. The third-order valence-electron chi connectivity index (χ3n) is 4.02. The molecule has 0 amide bonds. The smallest absolute Gasteiger partial charge is 0.126 e. The van der Waals surface area contributed by atoms with Gasteiger partial charge in [-0.15, -0.1) is 0 Å². The van der Waals surface area contributed by atoms with Crippen LogP contribution in [-0.2, 0) is 6.54 Å². The highest BCUT2D eigenvalue weighted by Crippen LogP contribution is 2.17. The van der Waals surface area contributed by atoms with Gasteiger partial charge in [-0.1, -0.05) is 36.4 Å². The number of aromatic nitrogens is 1. The van der Waals surface area contributed by atoms with Crippen LogP contribution in [-0.4, -0.2) is 29.0 Å². The molecule has 0 spiro atoms. The Hall–Kier alpha value is -1.87. The fourth-order valence-corrected chi connectivity index (χ4v) is 2.92. The minimum absolute atomic E-state index is 0.498. The molecule has 21 heavy (non-hydrogen) atoms. The van der Waals surface area contributed by atoms with E-state index in [0.29, 0.717) is 6.04 Å². The Kier molecular flexibility index (Phi) is 4.51. The predicted molar refractivity (Wildman–Crippen MR) is 87.3 cm³/mol. The summed E-state index contributed by atoms with van der Waals surface area (Å²) in [4.78, 5) is 6.98. The van der Waals surface area contributed by atoms with Crippen molar-refractivity contribution in [2.24, 2.45) is 0 Å². The third kappa shape index (κ3) is 4.05. The topological polar surface area (TPSA) is 28.2 Å². The molecule has 3 heteroatoms. The molecule has 1 aromatic carbocycles. The van der Waals surface area contributed by atoms with Crippen LogP contribution >= 0.6 is 0 Å². The molecular weight excluding hydrogens is 258 g/mol. The van der Waals surface area contributed by atoms with Crippen LogP contribution in [0.5, 0.6) is 0 Å². The lowest BCUT2D eigenvalue weighted by Gasteiger charge is -2.33. The Bertz CT molecular complexity index is 550. The predicted octanol–water partition coefficient (Wildman–Crippen LogP) is 3.47. The molecule has 2 heterocycles. The van der Waals surface area contributed by atoms with Crippen molar-refractivity contribution < 1.29 is 0 Å². The number of piperidine rings is 1. The maximum atomic E-state index is 4.45. The van der Waals surface area contributed by atoms with E-state index in [1.54, 1.807) is 0 Å². The van der Waals surface area contributed by atoms with Crippen LogP contribution < -0.4 is 5.32 Å². The van der Waals surface area contributed by atoms with Gasteiger partial charge in [-0.05, 0) is 43.5 Å². The maximum absolute atomic E-state index is 4.45. The van der Waals surface area contributed by atoms with Gasteiger partial charge in [0.05, 0.1) is 0 Å². The summed E-state index contributed by atoms with van der Waals surface area (Å²) < 4.78 is 0. The van der Waals surface area contributed by atoms with Gasteiger partial charge in [-0.3, -0.25) is 4.90 Å². The zero-order valence-corrected chi connectivity index (χ0v) is 12.6. The molecular formula is C18H23N3. The van der Waals surface area contributed by atoms with Gasteiger partial charge in [0.15, 0.2) is 0 Å². The summed E-state index contributed by atoms with van der Waals surface area (Å²) in [5, 5.41) is 3.57. The largest absolute Gasteiger partial charge is 0.366 e. The SMILES string of the molecule is Cc1ccc(NC2CCCN(Cc3ccccc3)C2)nc1. The van der Waals surface area contributed by atoms with E-state index in [0.717, 1.165) is 18.9 Å². The highest BCUT2D eigenvalue weighted by atomic mass is 15.2. The second-order valence-corrected chi connectivity index (χ2v) is 5.92. The van der Waals surface area contributed by atoms with Gasteiger partial charge in [-0.25, -0.2) is 4.98 Å². The minimum atomic E-state index is 0.498. The first-order valence-electron chi connectivity index (χ1n) is 7.75. The highest BCUT2D eigenvalue weighted by Gasteiger charge is 2.19. The van der Waals surface area contributed by atoms with Crippen molar-refractivity contribution in [2.75, 3.05) is 18.4 Å². The number of aryl methyl sites for hydroxylation is 1. The normalized spacial score (nSPS) is 19.4. The summed E-state index contributed by atoms with van der Waals surface area (Å²) in [6.07, 6.45) is 4.39. The first kappa shape index (κ1) is 14.1. The van der Waals surface area contributed by atoms with Gasteiger partial charge in [0.1, 0.15) is 5.82 Å². The number of hydrogen-bond donors (Lipinski definition) is 1. The van der Waals surface area contributed by atoms with E-state index in [9.17, 15) is 0 Å². The lowest BCUT2D eigenvalue weighted by atomic mass is 10.0. The summed E-state index contributed by atoms with van der Waals surface area (Å²) in [5.74, 6) is 0.993. The van der Waals surface area contributed by atoms with Crippen LogP contribution in [0.3, 0.4) is 0 Å². The Morgan fingerprint density at radius 2 is 2.05 bits per heavy atom. The molecule has 0 bridgehead atoms. The quantitative estimate of drug-likeness (QED) is 0.930.